The molecule has 0 saturated heterocycles. The molecular formula is C9H8NO4. The molecule has 0 heterocycles. The minimum Gasteiger partial charge on any atom is -0.483 e. The Hall–Kier alpha value is -2.04. The normalized spacial score (nSPS) is 9.43. The standard InChI is InChI=1S/C9H8NO4/c10-8(11)5-14-7-4-2-1-3-6(7)9(12)13/h1-4,10H,5H2,(H,12,13). The minimum atomic E-state index is -1.13. The molecule has 5 heteroatoms. The molecule has 1 amide bonds. The van der Waals surface area contributed by atoms with Gasteiger partial charge in [0.25, 0.3) is 5.91 Å². The molecule has 0 aromatic heterocycles. The largest absolute Gasteiger partial charge is 0.483 e. The van der Waals surface area contributed by atoms with Crippen LogP contribution < -0.4 is 10.5 Å². The van der Waals surface area contributed by atoms with Crippen LogP contribution >= 0.6 is 0 Å². The van der Waals surface area contributed by atoms with E-state index in [1.807, 2.05) is 0 Å². The van der Waals surface area contributed by atoms with E-state index in [4.69, 9.17) is 15.6 Å². The Morgan fingerprint density at radius 3 is 2.57 bits per heavy atom. The van der Waals surface area contributed by atoms with Gasteiger partial charge in [0.2, 0.25) is 0 Å². The Balaban J connectivity index is 2.84. The van der Waals surface area contributed by atoms with E-state index in [2.05, 4.69) is 0 Å². The number of para-hydroxylation sites is 1. The number of carbonyl (C=O) groups is 2. The highest BCUT2D eigenvalue weighted by Gasteiger charge is 2.10. The van der Waals surface area contributed by atoms with Crippen LogP contribution in [0.25, 0.3) is 0 Å². The maximum atomic E-state index is 10.7. The van der Waals surface area contributed by atoms with Crippen LogP contribution in [0, 0.1) is 0 Å². The number of aromatic carboxylic acids is 1. The molecule has 0 spiro atoms. The lowest BCUT2D eigenvalue weighted by Gasteiger charge is -2.05. The third-order valence-corrected chi connectivity index (χ3v) is 1.48. The summed E-state index contributed by atoms with van der Waals surface area (Å²) in [5.74, 6) is -1.93. The predicted octanol–water partition coefficient (Wildman–Crippen LogP) is 0.573. The van der Waals surface area contributed by atoms with Crippen LogP contribution in [0.2, 0.25) is 0 Å². The fraction of sp³-hybridized carbons (Fsp3) is 0.111. The second-order valence-corrected chi connectivity index (χ2v) is 2.51. The summed E-state index contributed by atoms with van der Waals surface area (Å²) >= 11 is 0. The van der Waals surface area contributed by atoms with Crippen LogP contribution in [-0.4, -0.2) is 23.6 Å². The van der Waals surface area contributed by atoms with E-state index >= 15 is 0 Å². The maximum Gasteiger partial charge on any atom is 0.339 e. The highest BCUT2D eigenvalue weighted by Crippen LogP contribution is 2.17. The molecule has 0 aliphatic rings. The van der Waals surface area contributed by atoms with Gasteiger partial charge < -0.3 is 9.84 Å². The number of carboxylic acid groups (broad SMARTS) is 1. The zero-order valence-electron chi connectivity index (χ0n) is 7.19. The molecule has 1 rings (SSSR count). The fourth-order valence-electron chi connectivity index (χ4n) is 0.912. The predicted molar refractivity (Wildman–Crippen MR) is 47.0 cm³/mol. The van der Waals surface area contributed by atoms with E-state index in [-0.39, 0.29) is 11.3 Å². The second kappa shape index (κ2) is 4.27. The molecule has 0 aliphatic heterocycles. The number of carboxylic acids is 1. The molecule has 14 heavy (non-hydrogen) atoms. The maximum absolute atomic E-state index is 10.7. The van der Waals surface area contributed by atoms with Gasteiger partial charge in [0, 0.05) is 0 Å². The van der Waals surface area contributed by atoms with Crippen molar-refractivity contribution in [3.8, 4) is 5.75 Å². The van der Waals surface area contributed by atoms with Gasteiger partial charge in [-0.2, -0.15) is 0 Å². The molecule has 5 nitrogen and oxygen atoms in total. The van der Waals surface area contributed by atoms with E-state index in [1.54, 1.807) is 12.1 Å². The van der Waals surface area contributed by atoms with Crippen molar-refractivity contribution >= 4 is 11.9 Å². The zero-order valence-corrected chi connectivity index (χ0v) is 7.19. The molecule has 73 valence electrons. The number of amides is 1. The number of ether oxygens (including phenoxy) is 1. The van der Waals surface area contributed by atoms with Crippen LogP contribution in [-0.2, 0) is 4.79 Å². The summed E-state index contributed by atoms with van der Waals surface area (Å²) in [5.41, 5.74) is 6.57. The third kappa shape index (κ3) is 2.48. The Bertz CT molecular complexity index is 362. The third-order valence-electron chi connectivity index (χ3n) is 1.48. The lowest BCUT2D eigenvalue weighted by molar-refractivity contribution is -0.120. The van der Waals surface area contributed by atoms with Crippen molar-refractivity contribution in [1.82, 2.24) is 5.73 Å². The summed E-state index contributed by atoms with van der Waals surface area (Å²) in [6, 6.07) is 5.95. The minimum absolute atomic E-state index is 0.0197. The van der Waals surface area contributed by atoms with Gasteiger partial charge in [-0.25, -0.2) is 4.79 Å². The lowest BCUT2D eigenvalue weighted by Crippen LogP contribution is -2.13. The second-order valence-electron chi connectivity index (χ2n) is 2.51. The first-order valence-corrected chi connectivity index (χ1v) is 3.81. The Labute approximate surface area is 80.1 Å². The molecular weight excluding hydrogens is 186 g/mol. The number of benzene rings is 1. The first-order valence-electron chi connectivity index (χ1n) is 3.81. The number of hydrogen-bond acceptors (Lipinski definition) is 3. The highest BCUT2D eigenvalue weighted by molar-refractivity contribution is 5.91. The van der Waals surface area contributed by atoms with Gasteiger partial charge in [0.05, 0.1) is 0 Å². The van der Waals surface area contributed by atoms with Crippen LogP contribution in [0.1, 0.15) is 10.4 Å². The van der Waals surface area contributed by atoms with Crippen LogP contribution in [0.3, 0.4) is 0 Å². The van der Waals surface area contributed by atoms with Crippen molar-refractivity contribution in [2.45, 2.75) is 0 Å². The van der Waals surface area contributed by atoms with Gasteiger partial charge in [0.1, 0.15) is 11.3 Å². The number of rotatable bonds is 4. The molecule has 0 fully saturated rings. The molecule has 0 saturated carbocycles. The average Bonchev–Trinajstić information content (AvgIpc) is 2.15. The van der Waals surface area contributed by atoms with Crippen LogP contribution in [0.4, 0.5) is 0 Å². The van der Waals surface area contributed by atoms with Crippen molar-refractivity contribution in [1.29, 1.82) is 0 Å². The molecule has 0 bridgehead atoms. The van der Waals surface area contributed by atoms with Crippen molar-refractivity contribution in [2.75, 3.05) is 6.61 Å². The first-order chi connectivity index (χ1) is 6.61. The van der Waals surface area contributed by atoms with E-state index in [1.165, 1.54) is 12.1 Å². The summed E-state index contributed by atoms with van der Waals surface area (Å²) < 4.78 is 4.84. The van der Waals surface area contributed by atoms with E-state index < -0.39 is 18.5 Å². The number of hydrogen-bond donors (Lipinski definition) is 1. The zero-order chi connectivity index (χ0) is 10.6. The Kier molecular flexibility index (Phi) is 3.06. The van der Waals surface area contributed by atoms with Crippen LogP contribution in [0.15, 0.2) is 24.3 Å². The monoisotopic (exact) mass is 194 g/mol. The van der Waals surface area contributed by atoms with Gasteiger partial charge in [-0.15, -0.1) is 0 Å². The number of carbonyl (C=O) groups excluding carboxylic acids is 1. The van der Waals surface area contributed by atoms with Crippen LogP contribution in [0.5, 0.6) is 5.75 Å². The van der Waals surface area contributed by atoms with Gasteiger partial charge in [-0.1, -0.05) is 12.1 Å². The molecule has 0 aliphatic carbocycles. The van der Waals surface area contributed by atoms with E-state index in [9.17, 15) is 9.59 Å². The topological polar surface area (TPSA) is 87.4 Å². The quantitative estimate of drug-likeness (QED) is 0.759. The molecule has 0 atom stereocenters. The molecule has 0 unspecified atom stereocenters. The SMILES string of the molecule is [NH]C(=O)COc1ccccc1C(=O)O. The van der Waals surface area contributed by atoms with Gasteiger partial charge in [-0.3, -0.25) is 10.5 Å². The lowest BCUT2D eigenvalue weighted by atomic mass is 10.2. The van der Waals surface area contributed by atoms with Crippen molar-refractivity contribution in [3.63, 3.8) is 0 Å². The molecule has 1 aromatic rings. The molecule has 1 aromatic carbocycles. The Morgan fingerprint density at radius 2 is 2.00 bits per heavy atom. The molecule has 2 N–H and O–H groups in total. The molecule has 1 radical (unpaired) electrons. The first kappa shape index (κ1) is 10.0. The van der Waals surface area contributed by atoms with E-state index in [0.29, 0.717) is 0 Å². The van der Waals surface area contributed by atoms with Gasteiger partial charge in [-0.05, 0) is 12.1 Å². The summed E-state index contributed by atoms with van der Waals surface area (Å²) in [4.78, 5) is 20.9. The smallest absolute Gasteiger partial charge is 0.339 e. The average molecular weight is 194 g/mol. The number of nitrogens with one attached hydrogen (secondary N) is 1. The highest BCUT2D eigenvalue weighted by atomic mass is 16.5. The summed E-state index contributed by atoms with van der Waals surface area (Å²) in [6.07, 6.45) is 0. The summed E-state index contributed by atoms with van der Waals surface area (Å²) in [7, 11) is 0. The fourth-order valence-corrected chi connectivity index (χ4v) is 0.912. The summed E-state index contributed by atoms with van der Waals surface area (Å²) in [6.45, 7) is -0.440. The van der Waals surface area contributed by atoms with Crippen molar-refractivity contribution in [2.24, 2.45) is 0 Å². The van der Waals surface area contributed by atoms with E-state index in [0.717, 1.165) is 0 Å². The van der Waals surface area contributed by atoms with Crippen molar-refractivity contribution < 1.29 is 19.4 Å². The summed E-state index contributed by atoms with van der Waals surface area (Å²) in [5, 5.41) is 8.72. The van der Waals surface area contributed by atoms with Gasteiger partial charge in [0.15, 0.2) is 6.61 Å². The van der Waals surface area contributed by atoms with Crippen molar-refractivity contribution in [3.05, 3.63) is 29.8 Å². The Morgan fingerprint density at radius 1 is 1.36 bits per heavy atom. The van der Waals surface area contributed by atoms with Gasteiger partial charge >= 0.3 is 5.97 Å².